The van der Waals surface area contributed by atoms with Crippen molar-refractivity contribution in [2.75, 3.05) is 38.8 Å². The molecule has 2 amide bonds. The summed E-state index contributed by atoms with van der Waals surface area (Å²) < 4.78 is 10.4. The predicted octanol–water partition coefficient (Wildman–Crippen LogP) is 2.50. The van der Waals surface area contributed by atoms with Crippen molar-refractivity contribution in [2.24, 2.45) is 0 Å². The van der Waals surface area contributed by atoms with E-state index in [0.29, 0.717) is 30.2 Å². The molecule has 1 fully saturated rings. The Bertz CT molecular complexity index is 834. The molecule has 2 aromatic carbocycles. The van der Waals surface area contributed by atoms with Gasteiger partial charge in [-0.25, -0.2) is 0 Å². The maximum Gasteiger partial charge on any atom is 0.254 e. The first-order chi connectivity index (χ1) is 12.5. The summed E-state index contributed by atoms with van der Waals surface area (Å²) in [5.74, 6) is 0.774. The van der Waals surface area contributed by atoms with Gasteiger partial charge in [0.1, 0.15) is 6.54 Å². The summed E-state index contributed by atoms with van der Waals surface area (Å²) in [4.78, 5) is 28.7. The van der Waals surface area contributed by atoms with Gasteiger partial charge in [-0.3, -0.25) is 9.59 Å². The third-order valence-corrected chi connectivity index (χ3v) is 4.54. The molecular weight excluding hydrogens is 332 g/mol. The van der Waals surface area contributed by atoms with Gasteiger partial charge in [-0.05, 0) is 36.8 Å². The minimum absolute atomic E-state index is 0.0571. The molecule has 0 unspecified atom stereocenters. The molecule has 3 rings (SSSR count). The molecule has 6 nitrogen and oxygen atoms in total. The number of hydrogen-bond donors (Lipinski definition) is 0. The van der Waals surface area contributed by atoms with Crippen LogP contribution in [-0.4, -0.2) is 50.6 Å². The van der Waals surface area contributed by atoms with Crippen LogP contribution in [0.15, 0.2) is 42.5 Å². The van der Waals surface area contributed by atoms with Gasteiger partial charge in [-0.2, -0.15) is 0 Å². The predicted molar refractivity (Wildman–Crippen MR) is 99.0 cm³/mol. The zero-order chi connectivity index (χ0) is 18.7. The summed E-state index contributed by atoms with van der Waals surface area (Å²) in [5, 5.41) is 0. The molecule has 6 heteroatoms. The van der Waals surface area contributed by atoms with Gasteiger partial charge >= 0.3 is 0 Å². The third-order valence-electron chi connectivity index (χ3n) is 4.54. The highest BCUT2D eigenvalue weighted by Crippen LogP contribution is 2.28. The van der Waals surface area contributed by atoms with E-state index in [0.717, 1.165) is 11.3 Å². The quantitative estimate of drug-likeness (QED) is 0.846. The van der Waals surface area contributed by atoms with E-state index in [9.17, 15) is 9.59 Å². The molecule has 1 heterocycles. The first kappa shape index (κ1) is 17.8. The number of carbonyl (C=O) groups is 2. The van der Waals surface area contributed by atoms with Crippen LogP contribution in [0.4, 0.5) is 5.69 Å². The molecule has 0 saturated carbocycles. The van der Waals surface area contributed by atoms with Crippen molar-refractivity contribution < 1.29 is 19.1 Å². The lowest BCUT2D eigenvalue weighted by molar-refractivity contribution is -0.120. The van der Waals surface area contributed by atoms with Crippen LogP contribution < -0.4 is 14.4 Å². The minimum Gasteiger partial charge on any atom is -0.493 e. The van der Waals surface area contributed by atoms with Crippen molar-refractivity contribution in [3.63, 3.8) is 0 Å². The van der Waals surface area contributed by atoms with Crippen LogP contribution in [0.1, 0.15) is 15.9 Å². The van der Waals surface area contributed by atoms with Crippen molar-refractivity contribution in [1.29, 1.82) is 0 Å². The molecule has 0 atom stereocenters. The van der Waals surface area contributed by atoms with Gasteiger partial charge in [0.05, 0.1) is 14.2 Å². The fraction of sp³-hybridized carbons (Fsp3) is 0.300. The number of benzene rings is 2. The maximum atomic E-state index is 12.8. The molecule has 0 radical (unpaired) electrons. The molecule has 0 spiro atoms. The standard InChI is InChI=1S/C20H22N2O4/c1-14-6-4-5-7-16(14)22-11-10-21(13-19(22)23)20(24)15-8-9-17(25-2)18(12-15)26-3/h4-9,12H,10-11,13H2,1-3H3. The average Bonchev–Trinajstić information content (AvgIpc) is 2.67. The van der Waals surface area contributed by atoms with Crippen LogP contribution in [0, 0.1) is 6.92 Å². The number of methoxy groups -OCH3 is 2. The number of nitrogens with zero attached hydrogens (tertiary/aromatic N) is 2. The Labute approximate surface area is 152 Å². The van der Waals surface area contributed by atoms with Gasteiger partial charge in [0.25, 0.3) is 5.91 Å². The molecule has 0 bridgehead atoms. The molecule has 1 aliphatic rings. The van der Waals surface area contributed by atoms with E-state index < -0.39 is 0 Å². The highest BCUT2D eigenvalue weighted by Gasteiger charge is 2.29. The number of aryl methyl sites for hydroxylation is 1. The van der Waals surface area contributed by atoms with Crippen LogP contribution in [0.2, 0.25) is 0 Å². The SMILES string of the molecule is COc1ccc(C(=O)N2CCN(c3ccccc3C)C(=O)C2)cc1OC. The largest absolute Gasteiger partial charge is 0.493 e. The normalized spacial score (nSPS) is 14.3. The summed E-state index contributed by atoms with van der Waals surface area (Å²) in [6, 6.07) is 12.8. The van der Waals surface area contributed by atoms with Gasteiger partial charge in [0, 0.05) is 24.3 Å². The van der Waals surface area contributed by atoms with Gasteiger partial charge in [-0.15, -0.1) is 0 Å². The van der Waals surface area contributed by atoms with E-state index in [-0.39, 0.29) is 18.4 Å². The lowest BCUT2D eigenvalue weighted by Crippen LogP contribution is -2.52. The van der Waals surface area contributed by atoms with E-state index in [1.807, 2.05) is 31.2 Å². The number of piperazine rings is 1. The van der Waals surface area contributed by atoms with Crippen LogP contribution in [0.3, 0.4) is 0 Å². The molecule has 0 N–H and O–H groups in total. The van der Waals surface area contributed by atoms with Crippen LogP contribution >= 0.6 is 0 Å². The molecule has 0 aliphatic carbocycles. The van der Waals surface area contributed by atoms with Gasteiger partial charge in [-0.1, -0.05) is 18.2 Å². The molecule has 1 aliphatic heterocycles. The Balaban J connectivity index is 1.76. The van der Waals surface area contributed by atoms with Crippen molar-refractivity contribution >= 4 is 17.5 Å². The van der Waals surface area contributed by atoms with Crippen molar-refractivity contribution in [3.05, 3.63) is 53.6 Å². The summed E-state index contributed by atoms with van der Waals surface area (Å²) in [5.41, 5.74) is 2.41. The van der Waals surface area contributed by atoms with Crippen LogP contribution in [0.5, 0.6) is 11.5 Å². The number of carbonyl (C=O) groups excluding carboxylic acids is 2. The number of ether oxygens (including phenoxy) is 2. The Morgan fingerprint density at radius 1 is 1.00 bits per heavy atom. The van der Waals surface area contributed by atoms with Gasteiger partial charge < -0.3 is 19.3 Å². The van der Waals surface area contributed by atoms with Crippen molar-refractivity contribution in [1.82, 2.24) is 4.90 Å². The molecule has 0 aromatic heterocycles. The van der Waals surface area contributed by atoms with Crippen LogP contribution in [-0.2, 0) is 4.79 Å². The monoisotopic (exact) mass is 354 g/mol. The fourth-order valence-electron chi connectivity index (χ4n) is 3.12. The Kier molecular flexibility index (Phi) is 5.11. The maximum absolute atomic E-state index is 12.8. The molecule has 136 valence electrons. The lowest BCUT2D eigenvalue weighted by Gasteiger charge is -2.35. The third kappa shape index (κ3) is 3.35. The lowest BCUT2D eigenvalue weighted by atomic mass is 10.1. The molecule has 1 saturated heterocycles. The second-order valence-electron chi connectivity index (χ2n) is 6.13. The Morgan fingerprint density at radius 2 is 1.73 bits per heavy atom. The number of anilines is 1. The molecule has 2 aromatic rings. The number of rotatable bonds is 4. The Hall–Kier alpha value is -3.02. The molecule has 26 heavy (non-hydrogen) atoms. The second kappa shape index (κ2) is 7.47. The topological polar surface area (TPSA) is 59.1 Å². The number of amides is 2. The summed E-state index contributed by atoms with van der Waals surface area (Å²) in [7, 11) is 3.07. The average molecular weight is 354 g/mol. The van der Waals surface area contributed by atoms with E-state index in [2.05, 4.69) is 0 Å². The minimum atomic E-state index is -0.191. The van der Waals surface area contributed by atoms with E-state index in [4.69, 9.17) is 9.47 Å². The summed E-state index contributed by atoms with van der Waals surface area (Å²) in [6.45, 7) is 2.99. The van der Waals surface area contributed by atoms with Gasteiger partial charge in [0.2, 0.25) is 5.91 Å². The fourth-order valence-corrected chi connectivity index (χ4v) is 3.12. The number of para-hydroxylation sites is 1. The first-order valence-electron chi connectivity index (χ1n) is 8.42. The van der Waals surface area contributed by atoms with Crippen molar-refractivity contribution in [3.8, 4) is 11.5 Å². The summed E-state index contributed by atoms with van der Waals surface area (Å²) in [6.07, 6.45) is 0. The molecular formula is C20H22N2O4. The number of hydrogen-bond acceptors (Lipinski definition) is 4. The Morgan fingerprint density at radius 3 is 2.38 bits per heavy atom. The highest BCUT2D eigenvalue weighted by atomic mass is 16.5. The van der Waals surface area contributed by atoms with E-state index >= 15 is 0 Å². The zero-order valence-electron chi connectivity index (χ0n) is 15.2. The van der Waals surface area contributed by atoms with Crippen LogP contribution in [0.25, 0.3) is 0 Å². The second-order valence-corrected chi connectivity index (χ2v) is 6.13. The zero-order valence-corrected chi connectivity index (χ0v) is 15.2. The summed E-state index contributed by atoms with van der Waals surface area (Å²) >= 11 is 0. The van der Waals surface area contributed by atoms with Gasteiger partial charge in [0.15, 0.2) is 11.5 Å². The van der Waals surface area contributed by atoms with E-state index in [1.54, 1.807) is 35.1 Å². The highest BCUT2D eigenvalue weighted by molar-refractivity contribution is 6.02. The smallest absolute Gasteiger partial charge is 0.254 e. The first-order valence-corrected chi connectivity index (χ1v) is 8.42. The van der Waals surface area contributed by atoms with E-state index in [1.165, 1.54) is 7.11 Å². The van der Waals surface area contributed by atoms with Crippen molar-refractivity contribution in [2.45, 2.75) is 6.92 Å².